The number of halogens is 3. The van der Waals surface area contributed by atoms with Gasteiger partial charge in [0.15, 0.2) is 11.5 Å². The molecule has 0 unspecified atom stereocenters. The third kappa shape index (κ3) is 4.48. The second-order valence-corrected chi connectivity index (χ2v) is 6.84. The molecule has 0 amide bonds. The zero-order chi connectivity index (χ0) is 19.4. The highest BCUT2D eigenvalue weighted by Gasteiger charge is 2.15. The molecular weight excluding hydrogens is 441 g/mol. The first kappa shape index (κ1) is 19.4. The van der Waals surface area contributed by atoms with Crippen molar-refractivity contribution in [3.8, 4) is 11.5 Å². The lowest BCUT2D eigenvalue weighted by Crippen LogP contribution is -2.07. The molecule has 0 fully saturated rings. The lowest BCUT2D eigenvalue weighted by molar-refractivity contribution is 0.278. The highest BCUT2D eigenvalue weighted by atomic mass is 79.9. The van der Waals surface area contributed by atoms with Crippen LogP contribution < -0.4 is 14.8 Å². The Morgan fingerprint density at radius 2 is 2.15 bits per heavy atom. The number of hydrogen-bond donors (Lipinski definition) is 1. The number of nitrogens with one attached hydrogen (secondary N) is 1. The van der Waals surface area contributed by atoms with Crippen molar-refractivity contribution < 1.29 is 13.9 Å². The van der Waals surface area contributed by atoms with Crippen molar-refractivity contribution in [2.24, 2.45) is 7.05 Å². The molecule has 0 atom stereocenters. The molecule has 142 valence electrons. The van der Waals surface area contributed by atoms with Gasteiger partial charge in [0.05, 0.1) is 16.6 Å². The Morgan fingerprint density at radius 1 is 1.33 bits per heavy atom. The summed E-state index contributed by atoms with van der Waals surface area (Å²) in [4.78, 5) is 0. The van der Waals surface area contributed by atoms with Gasteiger partial charge in [0.2, 0.25) is 5.95 Å². The second-order valence-electron chi connectivity index (χ2n) is 5.58. The standard InChI is InChI=1S/C17H16BrClFN5O2/c1-25-17(22-23-24-25)21-8-10-6-12(18)16(15(7-10)26-2)27-9-11-13(19)4-3-5-14(11)20/h3-7H,8-9H2,1-2H3,(H,21,22,24). The van der Waals surface area contributed by atoms with Crippen LogP contribution >= 0.6 is 27.5 Å². The predicted octanol–water partition coefficient (Wildman–Crippen LogP) is 3.96. The monoisotopic (exact) mass is 455 g/mol. The predicted molar refractivity (Wildman–Crippen MR) is 103 cm³/mol. The minimum atomic E-state index is -0.421. The van der Waals surface area contributed by atoms with Gasteiger partial charge in [0.25, 0.3) is 0 Å². The van der Waals surface area contributed by atoms with Gasteiger partial charge >= 0.3 is 0 Å². The van der Waals surface area contributed by atoms with E-state index in [0.29, 0.717) is 33.5 Å². The minimum Gasteiger partial charge on any atom is -0.493 e. The molecule has 0 aliphatic rings. The van der Waals surface area contributed by atoms with E-state index < -0.39 is 5.82 Å². The van der Waals surface area contributed by atoms with Crippen molar-refractivity contribution in [3.05, 3.63) is 56.8 Å². The maximum atomic E-state index is 13.9. The van der Waals surface area contributed by atoms with Crippen molar-refractivity contribution in [2.75, 3.05) is 12.4 Å². The smallest absolute Gasteiger partial charge is 0.242 e. The number of aryl methyl sites for hydroxylation is 1. The fourth-order valence-corrected chi connectivity index (χ4v) is 3.21. The van der Waals surface area contributed by atoms with Gasteiger partial charge in [-0.2, -0.15) is 0 Å². The molecule has 0 saturated heterocycles. The maximum absolute atomic E-state index is 13.9. The van der Waals surface area contributed by atoms with Gasteiger partial charge < -0.3 is 14.8 Å². The Balaban J connectivity index is 1.77. The summed E-state index contributed by atoms with van der Waals surface area (Å²) in [5.41, 5.74) is 1.20. The van der Waals surface area contributed by atoms with Crippen LogP contribution in [0.5, 0.6) is 11.5 Å². The molecule has 0 bridgehead atoms. The van der Waals surface area contributed by atoms with Crippen LogP contribution in [0.3, 0.4) is 0 Å². The number of aromatic nitrogens is 4. The number of anilines is 1. The van der Waals surface area contributed by atoms with Gasteiger partial charge in [-0.3, -0.25) is 0 Å². The van der Waals surface area contributed by atoms with E-state index in [9.17, 15) is 4.39 Å². The Bertz CT molecular complexity index is 933. The molecule has 1 N–H and O–H groups in total. The van der Waals surface area contributed by atoms with Gasteiger partial charge in [-0.1, -0.05) is 22.8 Å². The van der Waals surface area contributed by atoms with Crippen LogP contribution in [0.25, 0.3) is 0 Å². The van der Waals surface area contributed by atoms with Crippen molar-refractivity contribution in [1.82, 2.24) is 20.2 Å². The minimum absolute atomic E-state index is 0.0251. The molecule has 2 aromatic carbocycles. The average molecular weight is 457 g/mol. The largest absolute Gasteiger partial charge is 0.493 e. The molecule has 3 rings (SSSR count). The van der Waals surface area contributed by atoms with Crippen LogP contribution in [0, 0.1) is 5.82 Å². The average Bonchev–Trinajstić information content (AvgIpc) is 3.05. The molecule has 1 heterocycles. The number of tetrazole rings is 1. The Kier molecular flexibility index (Phi) is 6.12. The number of methoxy groups -OCH3 is 1. The molecule has 0 saturated carbocycles. The summed E-state index contributed by atoms with van der Waals surface area (Å²) in [6.45, 7) is 0.450. The third-order valence-corrected chi connectivity index (χ3v) is 4.73. The second kappa shape index (κ2) is 8.53. The summed E-state index contributed by atoms with van der Waals surface area (Å²) in [5.74, 6) is 1.08. The highest BCUT2D eigenvalue weighted by molar-refractivity contribution is 9.10. The van der Waals surface area contributed by atoms with E-state index >= 15 is 0 Å². The van der Waals surface area contributed by atoms with Crippen LogP contribution in [-0.4, -0.2) is 27.3 Å². The third-order valence-electron chi connectivity index (χ3n) is 3.78. The first-order valence-corrected chi connectivity index (χ1v) is 9.05. The van der Waals surface area contributed by atoms with E-state index in [1.165, 1.54) is 17.9 Å². The van der Waals surface area contributed by atoms with E-state index in [0.717, 1.165) is 5.56 Å². The summed E-state index contributed by atoms with van der Waals surface area (Å²) in [7, 11) is 3.28. The number of nitrogens with zero attached hydrogens (tertiary/aromatic N) is 4. The molecular formula is C17H16BrClFN5O2. The van der Waals surface area contributed by atoms with Gasteiger partial charge in [-0.25, -0.2) is 9.07 Å². The maximum Gasteiger partial charge on any atom is 0.242 e. The fourth-order valence-electron chi connectivity index (χ4n) is 2.39. The molecule has 0 aliphatic carbocycles. The number of benzene rings is 2. The fraction of sp³-hybridized carbons (Fsp3) is 0.235. The molecule has 0 spiro atoms. The lowest BCUT2D eigenvalue weighted by Gasteiger charge is -2.15. The van der Waals surface area contributed by atoms with E-state index in [1.54, 1.807) is 19.2 Å². The van der Waals surface area contributed by atoms with Crippen LogP contribution in [0.1, 0.15) is 11.1 Å². The first-order chi connectivity index (χ1) is 13.0. The zero-order valence-corrected chi connectivity index (χ0v) is 16.9. The molecule has 0 radical (unpaired) electrons. The van der Waals surface area contributed by atoms with Gasteiger partial charge in [0.1, 0.15) is 12.4 Å². The van der Waals surface area contributed by atoms with E-state index in [-0.39, 0.29) is 12.2 Å². The summed E-state index contributed by atoms with van der Waals surface area (Å²) in [6, 6.07) is 8.20. The Hall–Kier alpha value is -2.39. The molecule has 0 aliphatic heterocycles. The van der Waals surface area contributed by atoms with Gasteiger partial charge in [0, 0.05) is 19.2 Å². The number of hydrogen-bond acceptors (Lipinski definition) is 6. The normalized spacial score (nSPS) is 10.7. The SMILES string of the molecule is COc1cc(CNc2nnnn2C)cc(Br)c1OCc1c(F)cccc1Cl. The summed E-state index contributed by atoms with van der Waals surface area (Å²) >= 11 is 9.53. The topological polar surface area (TPSA) is 74.1 Å². The van der Waals surface area contributed by atoms with Crippen molar-refractivity contribution in [1.29, 1.82) is 0 Å². The Labute approximate surface area is 168 Å². The number of ether oxygens (including phenoxy) is 2. The highest BCUT2D eigenvalue weighted by Crippen LogP contribution is 2.37. The van der Waals surface area contributed by atoms with Gasteiger partial charge in [-0.15, -0.1) is 0 Å². The molecule has 7 nitrogen and oxygen atoms in total. The first-order valence-electron chi connectivity index (χ1n) is 7.88. The van der Waals surface area contributed by atoms with E-state index in [1.807, 2.05) is 12.1 Å². The van der Waals surface area contributed by atoms with Crippen molar-refractivity contribution in [2.45, 2.75) is 13.2 Å². The summed E-state index contributed by atoms with van der Waals surface area (Å²) in [6.07, 6.45) is 0. The lowest BCUT2D eigenvalue weighted by atomic mass is 10.2. The summed E-state index contributed by atoms with van der Waals surface area (Å²) < 4.78 is 27.3. The Morgan fingerprint density at radius 3 is 2.81 bits per heavy atom. The molecule has 10 heteroatoms. The van der Waals surface area contributed by atoms with E-state index in [2.05, 4.69) is 36.8 Å². The quantitative estimate of drug-likeness (QED) is 0.580. The van der Waals surface area contributed by atoms with Gasteiger partial charge in [-0.05, 0) is 56.2 Å². The summed E-state index contributed by atoms with van der Waals surface area (Å²) in [5, 5.41) is 14.6. The van der Waals surface area contributed by atoms with Crippen molar-refractivity contribution >= 4 is 33.5 Å². The number of rotatable bonds is 7. The van der Waals surface area contributed by atoms with Crippen molar-refractivity contribution in [3.63, 3.8) is 0 Å². The van der Waals surface area contributed by atoms with Crippen LogP contribution in [0.2, 0.25) is 5.02 Å². The zero-order valence-electron chi connectivity index (χ0n) is 14.5. The molecule has 3 aromatic rings. The molecule has 1 aromatic heterocycles. The molecule has 27 heavy (non-hydrogen) atoms. The van der Waals surface area contributed by atoms with Crippen LogP contribution in [-0.2, 0) is 20.2 Å². The van der Waals surface area contributed by atoms with E-state index in [4.69, 9.17) is 21.1 Å². The van der Waals surface area contributed by atoms with Crippen LogP contribution in [0.4, 0.5) is 10.3 Å². The van der Waals surface area contributed by atoms with Crippen LogP contribution in [0.15, 0.2) is 34.8 Å².